The Morgan fingerprint density at radius 3 is 2.03 bits per heavy atom. The number of nitrogens with one attached hydrogen (secondary N) is 2. The molecule has 7 nitrogen and oxygen atoms in total. The topological polar surface area (TPSA) is 89.0 Å². The zero-order chi connectivity index (χ0) is 22.2. The minimum absolute atomic E-state index is 0.180. The maximum atomic E-state index is 12.4. The number of rotatable bonds is 7. The van der Waals surface area contributed by atoms with Crippen molar-refractivity contribution in [2.24, 2.45) is 5.10 Å². The van der Waals surface area contributed by atoms with E-state index in [1.807, 2.05) is 30.3 Å². The van der Waals surface area contributed by atoms with E-state index in [0.717, 1.165) is 5.56 Å². The number of carbonyl (C=O) groups is 2. The fourth-order valence-corrected chi connectivity index (χ4v) is 2.83. The molecular weight excluding hydrogens is 394 g/mol. The van der Waals surface area contributed by atoms with Gasteiger partial charge in [-0.25, -0.2) is 5.43 Å². The third-order valence-electron chi connectivity index (χ3n) is 4.57. The normalized spacial score (nSPS) is 10.9. The van der Waals surface area contributed by atoms with E-state index in [-0.39, 0.29) is 11.8 Å². The number of ether oxygens (including phenoxy) is 2. The van der Waals surface area contributed by atoms with Gasteiger partial charge in [0.15, 0.2) is 11.5 Å². The molecule has 0 unspecified atom stereocenters. The van der Waals surface area contributed by atoms with Gasteiger partial charge in [0.05, 0.1) is 19.9 Å². The molecular formula is C24H23N3O4. The molecule has 3 aromatic carbocycles. The molecule has 158 valence electrons. The van der Waals surface area contributed by atoms with Gasteiger partial charge in [-0.15, -0.1) is 0 Å². The summed E-state index contributed by atoms with van der Waals surface area (Å²) in [6, 6.07) is 21.1. The van der Waals surface area contributed by atoms with Crippen LogP contribution in [0.15, 0.2) is 77.9 Å². The summed E-state index contributed by atoms with van der Waals surface area (Å²) in [7, 11) is 3.04. The highest BCUT2D eigenvalue weighted by atomic mass is 16.5. The van der Waals surface area contributed by atoms with Gasteiger partial charge in [-0.1, -0.05) is 30.3 Å². The Morgan fingerprint density at radius 2 is 1.39 bits per heavy atom. The summed E-state index contributed by atoms with van der Waals surface area (Å²) in [5.74, 6) is 0.454. The quantitative estimate of drug-likeness (QED) is 0.447. The van der Waals surface area contributed by atoms with E-state index in [9.17, 15) is 9.59 Å². The van der Waals surface area contributed by atoms with Crippen molar-refractivity contribution < 1.29 is 19.1 Å². The van der Waals surface area contributed by atoms with Gasteiger partial charge in [-0.05, 0) is 55.0 Å². The molecule has 0 spiro atoms. The first kappa shape index (κ1) is 21.6. The van der Waals surface area contributed by atoms with Crippen molar-refractivity contribution in [2.75, 3.05) is 19.5 Å². The summed E-state index contributed by atoms with van der Waals surface area (Å²) < 4.78 is 10.4. The van der Waals surface area contributed by atoms with Crippen LogP contribution in [0, 0.1) is 0 Å². The number of hydrogen-bond donors (Lipinski definition) is 2. The highest BCUT2D eigenvalue weighted by Gasteiger charge is 2.11. The van der Waals surface area contributed by atoms with Crippen molar-refractivity contribution >= 4 is 23.2 Å². The molecule has 2 amide bonds. The Kier molecular flexibility index (Phi) is 7.01. The smallest absolute Gasteiger partial charge is 0.271 e. The lowest BCUT2D eigenvalue weighted by Gasteiger charge is -2.09. The van der Waals surface area contributed by atoms with Gasteiger partial charge >= 0.3 is 0 Å². The highest BCUT2D eigenvalue weighted by Crippen LogP contribution is 2.27. The fraction of sp³-hybridized carbons (Fsp3) is 0.125. The third kappa shape index (κ3) is 5.48. The van der Waals surface area contributed by atoms with E-state index in [1.54, 1.807) is 49.4 Å². The standard InChI is InChI=1S/C24H23N3O4/c1-16(26-27-24(29)19-11-14-21(30-2)22(15-19)31-3)17-9-12-20(13-10-17)25-23(28)18-7-5-4-6-8-18/h4-15H,1-3H3,(H,25,28)(H,27,29). The second-order valence-electron chi connectivity index (χ2n) is 6.61. The molecule has 0 aliphatic heterocycles. The molecule has 0 aromatic heterocycles. The molecule has 0 aliphatic carbocycles. The summed E-state index contributed by atoms with van der Waals surface area (Å²) in [4.78, 5) is 24.6. The minimum atomic E-state index is -0.368. The zero-order valence-corrected chi connectivity index (χ0v) is 17.5. The van der Waals surface area contributed by atoms with Crippen molar-refractivity contribution in [1.82, 2.24) is 5.43 Å². The Hall–Kier alpha value is -4.13. The first-order valence-electron chi connectivity index (χ1n) is 9.55. The van der Waals surface area contributed by atoms with Crippen LogP contribution >= 0.6 is 0 Å². The number of anilines is 1. The monoisotopic (exact) mass is 417 g/mol. The van der Waals surface area contributed by atoms with Gasteiger partial charge in [-0.3, -0.25) is 9.59 Å². The van der Waals surface area contributed by atoms with Crippen molar-refractivity contribution in [1.29, 1.82) is 0 Å². The van der Waals surface area contributed by atoms with Crippen molar-refractivity contribution in [2.45, 2.75) is 6.92 Å². The van der Waals surface area contributed by atoms with E-state index in [4.69, 9.17) is 9.47 Å². The predicted molar refractivity (Wildman–Crippen MR) is 120 cm³/mol. The summed E-state index contributed by atoms with van der Waals surface area (Å²) in [6.45, 7) is 1.78. The average molecular weight is 417 g/mol. The molecule has 2 N–H and O–H groups in total. The molecule has 0 saturated heterocycles. The van der Waals surface area contributed by atoms with E-state index in [2.05, 4.69) is 15.8 Å². The maximum Gasteiger partial charge on any atom is 0.271 e. The van der Waals surface area contributed by atoms with Crippen molar-refractivity contribution in [3.05, 3.63) is 89.5 Å². The van der Waals surface area contributed by atoms with Gasteiger partial charge in [0.2, 0.25) is 0 Å². The van der Waals surface area contributed by atoms with Crippen LogP contribution in [0.4, 0.5) is 5.69 Å². The van der Waals surface area contributed by atoms with Crippen LogP contribution in [0.1, 0.15) is 33.2 Å². The molecule has 0 radical (unpaired) electrons. The van der Waals surface area contributed by atoms with Crippen LogP contribution in [0.25, 0.3) is 0 Å². The van der Waals surface area contributed by atoms with Crippen LogP contribution in [-0.2, 0) is 0 Å². The van der Waals surface area contributed by atoms with E-state index >= 15 is 0 Å². The Morgan fingerprint density at radius 1 is 0.742 bits per heavy atom. The molecule has 0 fully saturated rings. The van der Waals surface area contributed by atoms with Gasteiger partial charge < -0.3 is 14.8 Å². The molecule has 0 aliphatic rings. The molecule has 3 aromatic rings. The van der Waals surface area contributed by atoms with Crippen molar-refractivity contribution in [3.8, 4) is 11.5 Å². The van der Waals surface area contributed by atoms with Gasteiger partial charge in [0, 0.05) is 16.8 Å². The lowest BCUT2D eigenvalue weighted by Crippen LogP contribution is -2.19. The number of benzene rings is 3. The van der Waals surface area contributed by atoms with E-state index < -0.39 is 0 Å². The minimum Gasteiger partial charge on any atom is -0.493 e. The third-order valence-corrected chi connectivity index (χ3v) is 4.57. The largest absolute Gasteiger partial charge is 0.493 e. The first-order chi connectivity index (χ1) is 15.0. The van der Waals surface area contributed by atoms with Gasteiger partial charge in [-0.2, -0.15) is 5.10 Å². The zero-order valence-electron chi connectivity index (χ0n) is 17.5. The van der Waals surface area contributed by atoms with Crippen LogP contribution < -0.4 is 20.2 Å². The second-order valence-corrected chi connectivity index (χ2v) is 6.61. The lowest BCUT2D eigenvalue weighted by atomic mass is 10.1. The molecule has 0 bridgehead atoms. The van der Waals surface area contributed by atoms with Gasteiger partial charge in [0.25, 0.3) is 11.8 Å². The number of amides is 2. The molecule has 31 heavy (non-hydrogen) atoms. The fourth-order valence-electron chi connectivity index (χ4n) is 2.83. The highest BCUT2D eigenvalue weighted by molar-refractivity contribution is 6.05. The summed E-state index contributed by atoms with van der Waals surface area (Å²) in [6.07, 6.45) is 0. The average Bonchev–Trinajstić information content (AvgIpc) is 2.82. The number of hydrogen-bond acceptors (Lipinski definition) is 5. The van der Waals surface area contributed by atoms with E-state index in [1.165, 1.54) is 14.2 Å². The molecule has 7 heteroatoms. The van der Waals surface area contributed by atoms with Gasteiger partial charge in [0.1, 0.15) is 0 Å². The molecule has 0 heterocycles. The Labute approximate surface area is 180 Å². The van der Waals surface area contributed by atoms with Crippen LogP contribution in [0.2, 0.25) is 0 Å². The number of carbonyl (C=O) groups excluding carboxylic acids is 2. The first-order valence-corrected chi connectivity index (χ1v) is 9.55. The van der Waals surface area contributed by atoms with E-state index in [0.29, 0.717) is 34.0 Å². The molecule has 0 saturated carbocycles. The van der Waals surface area contributed by atoms with Crippen LogP contribution in [-0.4, -0.2) is 31.7 Å². The number of nitrogens with zero attached hydrogens (tertiary/aromatic N) is 1. The Balaban J connectivity index is 1.64. The number of hydrazone groups is 1. The lowest BCUT2D eigenvalue weighted by molar-refractivity contribution is 0.0953. The van der Waals surface area contributed by atoms with Crippen LogP contribution in [0.5, 0.6) is 11.5 Å². The molecule has 3 rings (SSSR count). The van der Waals surface area contributed by atoms with Crippen LogP contribution in [0.3, 0.4) is 0 Å². The number of methoxy groups -OCH3 is 2. The second kappa shape index (κ2) is 10.1. The summed E-state index contributed by atoms with van der Waals surface area (Å²) in [5.41, 5.74) is 5.62. The molecule has 0 atom stereocenters. The maximum absolute atomic E-state index is 12.4. The summed E-state index contributed by atoms with van der Waals surface area (Å²) in [5, 5.41) is 7.01. The predicted octanol–water partition coefficient (Wildman–Crippen LogP) is 4.11. The van der Waals surface area contributed by atoms with Crippen molar-refractivity contribution in [3.63, 3.8) is 0 Å². The summed E-state index contributed by atoms with van der Waals surface area (Å²) >= 11 is 0. The Bertz CT molecular complexity index is 1090. The SMILES string of the molecule is COc1ccc(C(=O)NN=C(C)c2ccc(NC(=O)c3ccccc3)cc2)cc1OC.